The lowest BCUT2D eigenvalue weighted by molar-refractivity contribution is 0.165. The van der Waals surface area contributed by atoms with Crippen molar-refractivity contribution in [1.82, 2.24) is 21.1 Å². The Bertz CT molecular complexity index is 875. The first-order valence-electron chi connectivity index (χ1n) is 12.7. The first-order chi connectivity index (χ1) is 17.5. The summed E-state index contributed by atoms with van der Waals surface area (Å²) in [4.78, 5) is 4.92. The summed E-state index contributed by atoms with van der Waals surface area (Å²) >= 11 is 0. The molecule has 9 heteroatoms. The number of rotatable bonds is 15. The van der Waals surface area contributed by atoms with Gasteiger partial charge in [-0.25, -0.2) is 10.4 Å². The van der Waals surface area contributed by atoms with Gasteiger partial charge < -0.3 is 25.3 Å². The van der Waals surface area contributed by atoms with Gasteiger partial charge in [-0.15, -0.1) is 0 Å². The number of ether oxygens (including phenoxy) is 3. The molecular weight excluding hydrogens is 456 g/mol. The Hall–Kier alpha value is -2.59. The molecule has 0 fully saturated rings. The van der Waals surface area contributed by atoms with Gasteiger partial charge in [-0.3, -0.25) is 10.3 Å². The van der Waals surface area contributed by atoms with Gasteiger partial charge in [-0.2, -0.15) is 0 Å². The van der Waals surface area contributed by atoms with Crippen molar-refractivity contribution >= 4 is 5.84 Å². The summed E-state index contributed by atoms with van der Waals surface area (Å²) in [6.07, 6.45) is 11.9. The molecule has 0 aromatic heterocycles. The Labute approximate surface area is 217 Å². The van der Waals surface area contributed by atoms with Crippen molar-refractivity contribution in [3.63, 3.8) is 0 Å². The van der Waals surface area contributed by atoms with E-state index in [1.54, 1.807) is 21.3 Å². The zero-order valence-corrected chi connectivity index (χ0v) is 22.8. The van der Waals surface area contributed by atoms with Crippen LogP contribution >= 0.6 is 0 Å². The molecule has 2 aliphatic rings. The second kappa shape index (κ2) is 16.2. The first-order valence-corrected chi connectivity index (χ1v) is 12.7. The highest BCUT2D eigenvalue weighted by molar-refractivity contribution is 6.02. The number of nitrogens with two attached hydrogens (primary N) is 1. The highest BCUT2D eigenvalue weighted by Gasteiger charge is 2.23. The third kappa shape index (κ3) is 8.81. The first kappa shape index (κ1) is 29.6. The van der Waals surface area contributed by atoms with E-state index in [9.17, 15) is 0 Å². The number of hydrogen-bond donors (Lipinski definition) is 4. The minimum atomic E-state index is 0.350. The number of aliphatic imine (C=N–C) groups is 1. The van der Waals surface area contributed by atoms with Crippen molar-refractivity contribution in [2.75, 3.05) is 61.8 Å². The van der Waals surface area contributed by atoms with Gasteiger partial charge in [0.25, 0.3) is 0 Å². The number of nitrogens with one attached hydrogen (secondary N) is 3. The second-order valence-electron chi connectivity index (χ2n) is 8.90. The molecule has 36 heavy (non-hydrogen) atoms. The van der Waals surface area contributed by atoms with Gasteiger partial charge >= 0.3 is 0 Å². The molecule has 1 atom stereocenters. The van der Waals surface area contributed by atoms with E-state index < -0.39 is 0 Å². The van der Waals surface area contributed by atoms with Crippen molar-refractivity contribution in [1.29, 1.82) is 0 Å². The topological polar surface area (TPSA) is 105 Å². The molecule has 0 aromatic carbocycles. The molecule has 0 heterocycles. The van der Waals surface area contributed by atoms with Gasteiger partial charge in [0, 0.05) is 49.9 Å². The van der Waals surface area contributed by atoms with E-state index in [1.165, 1.54) is 0 Å². The van der Waals surface area contributed by atoms with E-state index in [-0.39, 0.29) is 0 Å². The summed E-state index contributed by atoms with van der Waals surface area (Å²) < 4.78 is 16.6. The number of nitrogens with zero attached hydrogens (tertiary/aromatic N) is 2. The zero-order chi connectivity index (χ0) is 26.3. The lowest BCUT2D eigenvalue weighted by atomic mass is 10.0. The fourth-order valence-electron chi connectivity index (χ4n) is 4.35. The molecule has 9 nitrogen and oxygen atoms in total. The van der Waals surface area contributed by atoms with Crippen LogP contribution < -0.4 is 21.8 Å². The van der Waals surface area contributed by atoms with Crippen LogP contribution in [0.2, 0.25) is 0 Å². The molecular formula is C27H46N6O3. The smallest absolute Gasteiger partial charge is 0.153 e. The summed E-state index contributed by atoms with van der Waals surface area (Å²) in [7, 11) is 8.94. The minimum Gasteiger partial charge on any atom is -0.499 e. The highest BCUT2D eigenvalue weighted by Crippen LogP contribution is 2.26. The van der Waals surface area contributed by atoms with Gasteiger partial charge in [-0.05, 0) is 51.8 Å². The summed E-state index contributed by atoms with van der Waals surface area (Å²) in [5, 5.41) is 8.67. The van der Waals surface area contributed by atoms with E-state index in [0.717, 1.165) is 79.3 Å². The van der Waals surface area contributed by atoms with Gasteiger partial charge in [-0.1, -0.05) is 18.7 Å². The second-order valence-corrected chi connectivity index (χ2v) is 8.90. The Morgan fingerprint density at radius 2 is 2.00 bits per heavy atom. The molecule has 2 aliphatic carbocycles. The number of hydrazine groups is 1. The summed E-state index contributed by atoms with van der Waals surface area (Å²) in [6.45, 7) is 6.96. The Balaban J connectivity index is 2.20. The summed E-state index contributed by atoms with van der Waals surface area (Å²) in [5.41, 5.74) is 13.2. The number of methoxy groups -OCH3 is 3. The largest absolute Gasteiger partial charge is 0.499 e. The molecule has 0 spiro atoms. The summed E-state index contributed by atoms with van der Waals surface area (Å²) in [6, 6.07) is 0. The van der Waals surface area contributed by atoms with Crippen LogP contribution in [0.25, 0.3) is 0 Å². The maximum atomic E-state index is 6.51. The van der Waals surface area contributed by atoms with Crippen LogP contribution in [0, 0.1) is 5.92 Å². The van der Waals surface area contributed by atoms with Crippen LogP contribution in [0.4, 0.5) is 0 Å². The van der Waals surface area contributed by atoms with Crippen molar-refractivity contribution in [2.24, 2.45) is 16.6 Å². The van der Waals surface area contributed by atoms with Crippen LogP contribution in [0.1, 0.15) is 38.5 Å². The molecule has 0 bridgehead atoms. The normalized spacial score (nSPS) is 18.8. The third-order valence-corrected chi connectivity index (χ3v) is 6.30. The number of amidine groups is 1. The zero-order valence-electron chi connectivity index (χ0n) is 22.8. The molecule has 5 N–H and O–H groups in total. The van der Waals surface area contributed by atoms with E-state index >= 15 is 0 Å². The molecule has 0 saturated heterocycles. The van der Waals surface area contributed by atoms with Gasteiger partial charge in [0.2, 0.25) is 0 Å². The van der Waals surface area contributed by atoms with Crippen LogP contribution in [-0.2, 0) is 14.2 Å². The van der Waals surface area contributed by atoms with Crippen LogP contribution in [0.15, 0.2) is 63.9 Å². The van der Waals surface area contributed by atoms with Gasteiger partial charge in [0.1, 0.15) is 11.5 Å². The Morgan fingerprint density at radius 1 is 1.19 bits per heavy atom. The highest BCUT2D eigenvalue weighted by atomic mass is 16.5. The van der Waals surface area contributed by atoms with Crippen LogP contribution in [0.5, 0.6) is 0 Å². The van der Waals surface area contributed by atoms with Crippen molar-refractivity contribution in [2.45, 2.75) is 38.5 Å². The molecule has 1 unspecified atom stereocenters. The third-order valence-electron chi connectivity index (χ3n) is 6.30. The minimum absolute atomic E-state index is 0.350. The quantitative estimate of drug-likeness (QED) is 0.0891. The SMILES string of the molecule is C=C(CCCNC)N=C(C1=CCCC(OC)=C1N)N(CNCC1=CCCC(COC)C=C1OC)NC. The molecule has 0 radical (unpaired) electrons. The average molecular weight is 503 g/mol. The lowest BCUT2D eigenvalue weighted by Crippen LogP contribution is -2.48. The van der Waals surface area contributed by atoms with Crippen molar-refractivity contribution in [3.8, 4) is 0 Å². The van der Waals surface area contributed by atoms with E-state index in [4.69, 9.17) is 24.9 Å². The van der Waals surface area contributed by atoms with E-state index in [2.05, 4.69) is 40.9 Å². The number of hydrogen-bond acceptors (Lipinski definition) is 8. The molecule has 0 saturated carbocycles. The predicted molar refractivity (Wildman–Crippen MR) is 147 cm³/mol. The molecule has 0 amide bonds. The summed E-state index contributed by atoms with van der Waals surface area (Å²) in [5.74, 6) is 2.76. The van der Waals surface area contributed by atoms with E-state index in [0.29, 0.717) is 31.4 Å². The molecule has 0 aliphatic heterocycles. The average Bonchev–Trinajstić information content (AvgIpc) is 3.08. The standard InChI is InChI=1S/C27H46N6O3/c1-20(10-9-15-29-2)32-27(23-13-8-14-24(35-5)26(23)28)33(30-3)19-31-17-22-12-7-11-21(18-34-4)16-25(22)36-6/h12-13,16,21,29-31H,1,7-11,14-15,17-19,28H2,2-6H3. The molecule has 0 aromatic rings. The maximum Gasteiger partial charge on any atom is 0.153 e. The van der Waals surface area contributed by atoms with E-state index in [1.807, 2.05) is 19.1 Å². The van der Waals surface area contributed by atoms with Crippen LogP contribution in [-0.4, -0.2) is 72.6 Å². The number of allylic oxidation sites excluding steroid dienone is 4. The van der Waals surface area contributed by atoms with Gasteiger partial charge in [0.15, 0.2) is 5.84 Å². The molecule has 202 valence electrons. The fraction of sp³-hybridized carbons (Fsp3) is 0.593. The van der Waals surface area contributed by atoms with Crippen molar-refractivity contribution < 1.29 is 14.2 Å². The predicted octanol–water partition coefficient (Wildman–Crippen LogP) is 2.93. The maximum absolute atomic E-state index is 6.51. The fourth-order valence-corrected chi connectivity index (χ4v) is 4.35. The lowest BCUT2D eigenvalue weighted by Gasteiger charge is -2.29. The van der Waals surface area contributed by atoms with Crippen molar-refractivity contribution in [3.05, 3.63) is 58.9 Å². The van der Waals surface area contributed by atoms with Gasteiger partial charge in [0.05, 0.1) is 33.2 Å². The van der Waals surface area contributed by atoms with Crippen LogP contribution in [0.3, 0.4) is 0 Å². The Morgan fingerprint density at radius 3 is 2.67 bits per heavy atom. The monoisotopic (exact) mass is 502 g/mol. The molecule has 2 rings (SSSR count). The Kier molecular flexibility index (Phi) is 13.3.